The summed E-state index contributed by atoms with van der Waals surface area (Å²) in [6, 6.07) is 4.13. The first kappa shape index (κ1) is 16.1. The predicted octanol–water partition coefficient (Wildman–Crippen LogP) is 3.22. The number of rotatable bonds is 8. The molecule has 1 aromatic rings. The molecule has 0 bridgehead atoms. The highest BCUT2D eigenvalue weighted by atomic mass is 15.3. The van der Waals surface area contributed by atoms with Gasteiger partial charge in [-0.05, 0) is 32.0 Å². The lowest BCUT2D eigenvalue weighted by Crippen LogP contribution is -2.47. The zero-order valence-electron chi connectivity index (χ0n) is 13.6. The lowest BCUT2D eigenvalue weighted by atomic mass is 10.2. The van der Waals surface area contributed by atoms with Gasteiger partial charge < -0.3 is 10.2 Å². The van der Waals surface area contributed by atoms with Crippen molar-refractivity contribution in [3.05, 3.63) is 18.3 Å². The molecule has 0 aromatic carbocycles. The third kappa shape index (κ3) is 4.88. The molecule has 118 valence electrons. The number of unbranched alkanes of at least 4 members (excludes halogenated alkanes) is 3. The number of nitrogens with one attached hydrogen (secondary N) is 1. The molecule has 1 aliphatic heterocycles. The summed E-state index contributed by atoms with van der Waals surface area (Å²) < 4.78 is 0. The van der Waals surface area contributed by atoms with Gasteiger partial charge in [-0.1, -0.05) is 26.2 Å². The largest absolute Gasteiger partial charge is 0.382 e. The van der Waals surface area contributed by atoms with Crippen molar-refractivity contribution in [1.29, 1.82) is 0 Å². The zero-order chi connectivity index (χ0) is 14.9. The van der Waals surface area contributed by atoms with E-state index in [1.165, 1.54) is 32.2 Å². The van der Waals surface area contributed by atoms with E-state index in [2.05, 4.69) is 40.0 Å². The molecule has 21 heavy (non-hydrogen) atoms. The summed E-state index contributed by atoms with van der Waals surface area (Å²) in [4.78, 5) is 9.59. The molecule has 0 spiro atoms. The summed E-state index contributed by atoms with van der Waals surface area (Å²) in [5.74, 6) is 1.12. The van der Waals surface area contributed by atoms with Crippen molar-refractivity contribution in [2.45, 2.75) is 39.5 Å². The normalized spacial score (nSPS) is 16.2. The highest BCUT2D eigenvalue weighted by Gasteiger charge is 2.19. The van der Waals surface area contributed by atoms with Crippen molar-refractivity contribution in [3.8, 4) is 0 Å². The number of hydrogen-bond acceptors (Lipinski definition) is 4. The van der Waals surface area contributed by atoms with Crippen molar-refractivity contribution in [2.24, 2.45) is 0 Å². The van der Waals surface area contributed by atoms with Crippen LogP contribution in [-0.4, -0.2) is 49.2 Å². The first-order valence-corrected chi connectivity index (χ1v) is 8.51. The Morgan fingerprint density at radius 2 is 1.90 bits per heavy atom. The molecule has 2 rings (SSSR count). The summed E-state index contributed by atoms with van der Waals surface area (Å²) in [7, 11) is 0. The SMILES string of the molecule is CCCCCCN1CCN(c2ncccc2NCC)CC1. The zero-order valence-corrected chi connectivity index (χ0v) is 13.6. The summed E-state index contributed by atoms with van der Waals surface area (Å²) in [5.41, 5.74) is 1.16. The van der Waals surface area contributed by atoms with Gasteiger partial charge in [0.1, 0.15) is 0 Å². The van der Waals surface area contributed by atoms with E-state index in [0.717, 1.165) is 44.2 Å². The quantitative estimate of drug-likeness (QED) is 0.745. The number of pyridine rings is 1. The topological polar surface area (TPSA) is 31.4 Å². The molecule has 1 aliphatic rings. The third-order valence-electron chi connectivity index (χ3n) is 4.15. The molecule has 0 aliphatic carbocycles. The van der Waals surface area contributed by atoms with Crippen LogP contribution >= 0.6 is 0 Å². The van der Waals surface area contributed by atoms with Crippen LogP contribution < -0.4 is 10.2 Å². The second kappa shape index (κ2) is 8.88. The molecule has 0 saturated carbocycles. The molecule has 1 saturated heterocycles. The maximum Gasteiger partial charge on any atom is 0.152 e. The van der Waals surface area contributed by atoms with E-state index < -0.39 is 0 Å². The number of anilines is 2. The molecule has 4 heteroatoms. The van der Waals surface area contributed by atoms with Gasteiger partial charge in [-0.25, -0.2) is 4.98 Å². The van der Waals surface area contributed by atoms with Crippen LogP contribution in [0.1, 0.15) is 39.5 Å². The van der Waals surface area contributed by atoms with Crippen molar-refractivity contribution >= 4 is 11.5 Å². The molecule has 0 radical (unpaired) electrons. The van der Waals surface area contributed by atoms with E-state index in [1.54, 1.807) is 0 Å². The predicted molar refractivity (Wildman–Crippen MR) is 91.2 cm³/mol. The Balaban J connectivity index is 1.81. The number of aromatic nitrogens is 1. The van der Waals surface area contributed by atoms with E-state index in [4.69, 9.17) is 0 Å². The fraction of sp³-hybridized carbons (Fsp3) is 0.706. The van der Waals surface area contributed by atoms with Gasteiger partial charge in [-0.15, -0.1) is 0 Å². The smallest absolute Gasteiger partial charge is 0.152 e. The third-order valence-corrected chi connectivity index (χ3v) is 4.15. The minimum atomic E-state index is 0.941. The lowest BCUT2D eigenvalue weighted by Gasteiger charge is -2.36. The average Bonchev–Trinajstić information content (AvgIpc) is 2.53. The Bertz CT molecular complexity index is 400. The van der Waals surface area contributed by atoms with Gasteiger partial charge in [0.25, 0.3) is 0 Å². The minimum Gasteiger partial charge on any atom is -0.382 e. The summed E-state index contributed by atoms with van der Waals surface area (Å²) in [6.07, 6.45) is 7.31. The van der Waals surface area contributed by atoms with Gasteiger partial charge in [0.05, 0.1) is 5.69 Å². The molecule has 1 fully saturated rings. The second-order valence-corrected chi connectivity index (χ2v) is 5.79. The Morgan fingerprint density at radius 3 is 2.62 bits per heavy atom. The maximum absolute atomic E-state index is 4.58. The maximum atomic E-state index is 4.58. The van der Waals surface area contributed by atoms with E-state index in [9.17, 15) is 0 Å². The van der Waals surface area contributed by atoms with Gasteiger partial charge in [-0.2, -0.15) is 0 Å². The van der Waals surface area contributed by atoms with Crippen LogP contribution in [0.3, 0.4) is 0 Å². The van der Waals surface area contributed by atoms with Crippen molar-refractivity contribution < 1.29 is 0 Å². The summed E-state index contributed by atoms with van der Waals surface area (Å²) >= 11 is 0. The molecule has 2 heterocycles. The Hall–Kier alpha value is -1.29. The first-order valence-electron chi connectivity index (χ1n) is 8.51. The van der Waals surface area contributed by atoms with Gasteiger partial charge in [-0.3, -0.25) is 4.90 Å². The molecule has 4 nitrogen and oxygen atoms in total. The second-order valence-electron chi connectivity index (χ2n) is 5.79. The summed E-state index contributed by atoms with van der Waals surface area (Å²) in [5, 5.41) is 3.42. The first-order chi connectivity index (χ1) is 10.3. The molecular formula is C17H30N4. The fourth-order valence-corrected chi connectivity index (χ4v) is 2.92. The van der Waals surface area contributed by atoms with Gasteiger partial charge in [0.15, 0.2) is 5.82 Å². The van der Waals surface area contributed by atoms with E-state index in [1.807, 2.05) is 12.3 Å². The highest BCUT2D eigenvalue weighted by molar-refractivity contribution is 5.65. The van der Waals surface area contributed by atoms with Crippen LogP contribution in [0.5, 0.6) is 0 Å². The number of nitrogens with zero attached hydrogens (tertiary/aromatic N) is 3. The minimum absolute atomic E-state index is 0.941. The monoisotopic (exact) mass is 290 g/mol. The molecule has 0 amide bonds. The highest BCUT2D eigenvalue weighted by Crippen LogP contribution is 2.23. The van der Waals surface area contributed by atoms with Crippen LogP contribution in [0.4, 0.5) is 11.5 Å². The number of hydrogen-bond donors (Lipinski definition) is 1. The van der Waals surface area contributed by atoms with Crippen LogP contribution in [0.15, 0.2) is 18.3 Å². The molecule has 1 aromatic heterocycles. The van der Waals surface area contributed by atoms with E-state index in [-0.39, 0.29) is 0 Å². The molecule has 0 atom stereocenters. The fourth-order valence-electron chi connectivity index (χ4n) is 2.92. The van der Waals surface area contributed by atoms with E-state index in [0.29, 0.717) is 0 Å². The van der Waals surface area contributed by atoms with E-state index >= 15 is 0 Å². The average molecular weight is 290 g/mol. The van der Waals surface area contributed by atoms with Crippen LogP contribution in [-0.2, 0) is 0 Å². The van der Waals surface area contributed by atoms with Gasteiger partial charge in [0.2, 0.25) is 0 Å². The molecule has 1 N–H and O–H groups in total. The lowest BCUT2D eigenvalue weighted by molar-refractivity contribution is 0.251. The Morgan fingerprint density at radius 1 is 1.10 bits per heavy atom. The Kier molecular flexibility index (Phi) is 6.80. The Labute approximate surface area is 129 Å². The van der Waals surface area contributed by atoms with Crippen LogP contribution in [0, 0.1) is 0 Å². The standard InChI is InChI=1S/C17H30N4/c1-3-5-6-7-11-20-12-14-21(15-13-20)17-16(18-4-2)9-8-10-19-17/h8-10,18H,3-7,11-15H2,1-2H3. The number of piperazine rings is 1. The van der Waals surface area contributed by atoms with Crippen molar-refractivity contribution in [3.63, 3.8) is 0 Å². The van der Waals surface area contributed by atoms with Gasteiger partial charge >= 0.3 is 0 Å². The molecule has 0 unspecified atom stereocenters. The van der Waals surface area contributed by atoms with Crippen LogP contribution in [0.2, 0.25) is 0 Å². The molecular weight excluding hydrogens is 260 g/mol. The van der Waals surface area contributed by atoms with Crippen molar-refractivity contribution in [2.75, 3.05) is 49.5 Å². The van der Waals surface area contributed by atoms with Crippen LogP contribution in [0.25, 0.3) is 0 Å². The summed E-state index contributed by atoms with van der Waals surface area (Å²) in [6.45, 7) is 11.1. The van der Waals surface area contributed by atoms with Crippen molar-refractivity contribution in [1.82, 2.24) is 9.88 Å². The van der Waals surface area contributed by atoms with Gasteiger partial charge in [0, 0.05) is 38.9 Å².